The van der Waals surface area contributed by atoms with E-state index < -0.39 is 0 Å². The second-order valence-electron chi connectivity index (χ2n) is 4.40. The van der Waals surface area contributed by atoms with Crippen molar-refractivity contribution in [1.82, 2.24) is 0 Å². The highest BCUT2D eigenvalue weighted by Gasteiger charge is 2.09. The maximum Gasteiger partial charge on any atom is 0.119 e. The van der Waals surface area contributed by atoms with Gasteiger partial charge in [0, 0.05) is 5.92 Å². The van der Waals surface area contributed by atoms with Crippen molar-refractivity contribution in [1.29, 1.82) is 0 Å². The van der Waals surface area contributed by atoms with Crippen molar-refractivity contribution in [3.8, 4) is 5.75 Å². The van der Waals surface area contributed by atoms with Crippen LogP contribution in [0.25, 0.3) is 0 Å². The van der Waals surface area contributed by atoms with Crippen LogP contribution in [0.4, 0.5) is 0 Å². The van der Waals surface area contributed by atoms with Crippen LogP contribution in [0.5, 0.6) is 5.75 Å². The zero-order valence-electron chi connectivity index (χ0n) is 10.8. The molecule has 0 saturated heterocycles. The van der Waals surface area contributed by atoms with Crippen LogP contribution in [0.2, 0.25) is 0 Å². The summed E-state index contributed by atoms with van der Waals surface area (Å²) in [6, 6.07) is 16.2. The molecule has 0 saturated carbocycles. The number of aliphatic hydroxyl groups is 1. The third-order valence-electron chi connectivity index (χ3n) is 3.26. The SMILES string of the molecule is COc1cccc(C(C)c2ccc(CO)cc2)c1. The molecular formula is C16H18O2. The van der Waals surface area contributed by atoms with E-state index in [2.05, 4.69) is 31.2 Å². The van der Waals surface area contributed by atoms with Crippen molar-refractivity contribution in [3.63, 3.8) is 0 Å². The molecule has 2 heteroatoms. The lowest BCUT2D eigenvalue weighted by molar-refractivity contribution is 0.282. The van der Waals surface area contributed by atoms with Crippen LogP contribution >= 0.6 is 0 Å². The lowest BCUT2D eigenvalue weighted by atomic mass is 9.92. The van der Waals surface area contributed by atoms with Gasteiger partial charge < -0.3 is 9.84 Å². The number of ether oxygens (including phenoxy) is 1. The quantitative estimate of drug-likeness (QED) is 0.891. The molecule has 1 unspecified atom stereocenters. The normalized spacial score (nSPS) is 12.2. The maximum atomic E-state index is 9.04. The predicted octanol–water partition coefficient (Wildman–Crippen LogP) is 3.34. The van der Waals surface area contributed by atoms with Crippen molar-refractivity contribution < 1.29 is 9.84 Å². The van der Waals surface area contributed by atoms with E-state index in [-0.39, 0.29) is 6.61 Å². The first-order valence-electron chi connectivity index (χ1n) is 6.08. The van der Waals surface area contributed by atoms with E-state index in [1.165, 1.54) is 11.1 Å². The molecule has 0 amide bonds. The van der Waals surface area contributed by atoms with Gasteiger partial charge in [-0.3, -0.25) is 0 Å². The Morgan fingerprint density at radius 1 is 1.06 bits per heavy atom. The van der Waals surface area contributed by atoms with E-state index in [1.807, 2.05) is 24.3 Å². The zero-order valence-corrected chi connectivity index (χ0v) is 10.8. The van der Waals surface area contributed by atoms with Gasteiger partial charge in [0.25, 0.3) is 0 Å². The summed E-state index contributed by atoms with van der Waals surface area (Å²) in [7, 11) is 1.68. The summed E-state index contributed by atoms with van der Waals surface area (Å²) >= 11 is 0. The Morgan fingerprint density at radius 2 is 1.78 bits per heavy atom. The number of benzene rings is 2. The zero-order chi connectivity index (χ0) is 13.0. The lowest BCUT2D eigenvalue weighted by Crippen LogP contribution is -1.97. The maximum absolute atomic E-state index is 9.04. The van der Waals surface area contributed by atoms with Crippen molar-refractivity contribution in [3.05, 3.63) is 65.2 Å². The largest absolute Gasteiger partial charge is 0.497 e. The van der Waals surface area contributed by atoms with Gasteiger partial charge in [-0.05, 0) is 28.8 Å². The highest BCUT2D eigenvalue weighted by atomic mass is 16.5. The van der Waals surface area contributed by atoms with Crippen LogP contribution in [0.3, 0.4) is 0 Å². The fraction of sp³-hybridized carbons (Fsp3) is 0.250. The van der Waals surface area contributed by atoms with Crippen molar-refractivity contribution in [2.75, 3.05) is 7.11 Å². The molecule has 0 fully saturated rings. The van der Waals surface area contributed by atoms with Gasteiger partial charge in [-0.15, -0.1) is 0 Å². The molecule has 0 heterocycles. The van der Waals surface area contributed by atoms with Gasteiger partial charge in [0.1, 0.15) is 5.75 Å². The minimum atomic E-state index is 0.0911. The topological polar surface area (TPSA) is 29.5 Å². The van der Waals surface area contributed by atoms with Gasteiger partial charge in [-0.1, -0.05) is 43.3 Å². The summed E-state index contributed by atoms with van der Waals surface area (Å²) in [5.41, 5.74) is 3.41. The fourth-order valence-electron chi connectivity index (χ4n) is 2.02. The second-order valence-corrected chi connectivity index (χ2v) is 4.40. The molecule has 2 rings (SSSR count). The Labute approximate surface area is 108 Å². The number of aliphatic hydroxyl groups excluding tert-OH is 1. The van der Waals surface area contributed by atoms with Gasteiger partial charge in [0.2, 0.25) is 0 Å². The molecule has 18 heavy (non-hydrogen) atoms. The first kappa shape index (κ1) is 12.7. The Balaban J connectivity index is 2.25. The molecule has 0 radical (unpaired) electrons. The van der Waals surface area contributed by atoms with Gasteiger partial charge in [0.15, 0.2) is 0 Å². The standard InChI is InChI=1S/C16H18O2/c1-12(14-8-6-13(11-17)7-9-14)15-4-3-5-16(10-15)18-2/h3-10,12,17H,11H2,1-2H3. The molecule has 0 spiro atoms. The summed E-state index contributed by atoms with van der Waals surface area (Å²) < 4.78 is 5.24. The Morgan fingerprint density at radius 3 is 2.39 bits per heavy atom. The molecule has 1 N–H and O–H groups in total. The molecule has 0 aliphatic rings. The highest BCUT2D eigenvalue weighted by Crippen LogP contribution is 2.26. The third-order valence-corrected chi connectivity index (χ3v) is 3.26. The fourth-order valence-corrected chi connectivity index (χ4v) is 2.02. The Bertz CT molecular complexity index is 503. The average Bonchev–Trinajstić information content (AvgIpc) is 2.46. The van der Waals surface area contributed by atoms with Gasteiger partial charge in [0.05, 0.1) is 13.7 Å². The van der Waals surface area contributed by atoms with E-state index in [4.69, 9.17) is 9.84 Å². The summed E-state index contributed by atoms with van der Waals surface area (Å²) in [6.45, 7) is 2.26. The van der Waals surface area contributed by atoms with Crippen molar-refractivity contribution in [2.24, 2.45) is 0 Å². The number of rotatable bonds is 4. The molecular weight excluding hydrogens is 224 g/mol. The molecule has 0 aliphatic heterocycles. The molecule has 2 aromatic carbocycles. The smallest absolute Gasteiger partial charge is 0.119 e. The van der Waals surface area contributed by atoms with E-state index in [9.17, 15) is 0 Å². The lowest BCUT2D eigenvalue weighted by Gasteiger charge is -2.14. The second kappa shape index (κ2) is 5.69. The average molecular weight is 242 g/mol. The van der Waals surface area contributed by atoms with E-state index in [0.29, 0.717) is 5.92 Å². The van der Waals surface area contributed by atoms with Crippen LogP contribution in [0.1, 0.15) is 29.5 Å². The van der Waals surface area contributed by atoms with E-state index >= 15 is 0 Å². The molecule has 1 atom stereocenters. The van der Waals surface area contributed by atoms with Crippen LogP contribution in [-0.4, -0.2) is 12.2 Å². The van der Waals surface area contributed by atoms with Gasteiger partial charge in [-0.2, -0.15) is 0 Å². The molecule has 2 aromatic rings. The number of methoxy groups -OCH3 is 1. The van der Waals surface area contributed by atoms with E-state index in [0.717, 1.165) is 11.3 Å². The molecule has 2 nitrogen and oxygen atoms in total. The molecule has 94 valence electrons. The molecule has 0 aromatic heterocycles. The van der Waals surface area contributed by atoms with E-state index in [1.54, 1.807) is 7.11 Å². The van der Waals surface area contributed by atoms with Crippen molar-refractivity contribution in [2.45, 2.75) is 19.4 Å². The van der Waals surface area contributed by atoms with Crippen LogP contribution in [-0.2, 0) is 6.61 Å². The predicted molar refractivity (Wildman–Crippen MR) is 72.9 cm³/mol. The monoisotopic (exact) mass is 242 g/mol. The first-order valence-corrected chi connectivity index (χ1v) is 6.08. The number of hydrogen-bond acceptors (Lipinski definition) is 2. The minimum absolute atomic E-state index is 0.0911. The summed E-state index contributed by atoms with van der Waals surface area (Å²) in [5.74, 6) is 1.19. The summed E-state index contributed by atoms with van der Waals surface area (Å²) in [4.78, 5) is 0. The van der Waals surface area contributed by atoms with Crippen LogP contribution in [0.15, 0.2) is 48.5 Å². The molecule has 0 aliphatic carbocycles. The summed E-state index contributed by atoms with van der Waals surface area (Å²) in [6.07, 6.45) is 0. The Hall–Kier alpha value is -1.80. The van der Waals surface area contributed by atoms with Gasteiger partial charge in [-0.25, -0.2) is 0 Å². The first-order chi connectivity index (χ1) is 8.74. The van der Waals surface area contributed by atoms with Crippen LogP contribution in [0, 0.1) is 0 Å². The van der Waals surface area contributed by atoms with Gasteiger partial charge >= 0.3 is 0 Å². The molecule has 0 bridgehead atoms. The highest BCUT2D eigenvalue weighted by molar-refractivity contribution is 5.37. The van der Waals surface area contributed by atoms with Crippen molar-refractivity contribution >= 4 is 0 Å². The summed E-state index contributed by atoms with van der Waals surface area (Å²) in [5, 5.41) is 9.04. The Kier molecular flexibility index (Phi) is 4.00. The number of hydrogen-bond donors (Lipinski definition) is 1. The van der Waals surface area contributed by atoms with Crippen LogP contribution < -0.4 is 4.74 Å². The minimum Gasteiger partial charge on any atom is -0.497 e. The third kappa shape index (κ3) is 2.71.